The summed E-state index contributed by atoms with van der Waals surface area (Å²) in [6.07, 6.45) is 5.89. The number of piperidine rings is 1. The lowest BCUT2D eigenvalue weighted by Crippen LogP contribution is -2.38. The van der Waals surface area contributed by atoms with Crippen LogP contribution >= 0.6 is 11.3 Å². The van der Waals surface area contributed by atoms with Gasteiger partial charge < -0.3 is 9.42 Å². The second kappa shape index (κ2) is 6.71. The maximum Gasteiger partial charge on any atom is 0.227 e. The lowest BCUT2D eigenvalue weighted by molar-refractivity contribution is -0.131. The number of aryl methyl sites for hydroxylation is 1. The first-order valence-electron chi connectivity index (χ1n) is 8.97. The Balaban J connectivity index is 1.38. The fraction of sp³-hybridized carbons (Fsp3) is 0.579. The molecule has 4 nitrogen and oxygen atoms in total. The third kappa shape index (κ3) is 3.14. The maximum absolute atomic E-state index is 12.4. The highest BCUT2D eigenvalue weighted by Gasteiger charge is 2.31. The highest BCUT2D eigenvalue weighted by atomic mass is 32.1. The van der Waals surface area contributed by atoms with E-state index in [9.17, 15) is 4.79 Å². The van der Waals surface area contributed by atoms with Gasteiger partial charge in [0.05, 0.1) is 12.1 Å². The summed E-state index contributed by atoms with van der Waals surface area (Å²) in [4.78, 5) is 14.4. The van der Waals surface area contributed by atoms with Gasteiger partial charge in [-0.2, -0.15) is 11.3 Å². The number of fused-ring (bicyclic) bond motifs is 1. The highest BCUT2D eigenvalue weighted by molar-refractivity contribution is 7.07. The summed E-state index contributed by atoms with van der Waals surface area (Å²) in [5, 5.41) is 8.41. The molecule has 0 saturated carbocycles. The molecule has 0 aromatic carbocycles. The molecule has 4 rings (SSSR count). The van der Waals surface area contributed by atoms with Crippen LogP contribution in [0.5, 0.6) is 0 Å². The van der Waals surface area contributed by atoms with Gasteiger partial charge in [-0.3, -0.25) is 4.79 Å². The van der Waals surface area contributed by atoms with Crippen molar-refractivity contribution in [2.24, 2.45) is 5.92 Å². The second-order valence-corrected chi connectivity index (χ2v) is 8.06. The van der Waals surface area contributed by atoms with E-state index in [1.165, 1.54) is 17.7 Å². The molecule has 1 fully saturated rings. The van der Waals surface area contributed by atoms with Crippen LogP contribution in [0.3, 0.4) is 0 Å². The molecule has 1 aliphatic heterocycles. The first kappa shape index (κ1) is 15.9. The molecule has 1 saturated heterocycles. The van der Waals surface area contributed by atoms with Crippen LogP contribution in [-0.4, -0.2) is 29.1 Å². The SMILES string of the molecule is C[C@H]1CCc2noc(C3CCN(C(=O)Cc4ccsc4)CC3)c2C1. The van der Waals surface area contributed by atoms with Gasteiger partial charge in [0.15, 0.2) is 0 Å². The van der Waals surface area contributed by atoms with E-state index in [4.69, 9.17) is 4.52 Å². The molecule has 2 aromatic heterocycles. The minimum Gasteiger partial charge on any atom is -0.361 e. The van der Waals surface area contributed by atoms with Gasteiger partial charge in [0.25, 0.3) is 0 Å². The predicted molar refractivity (Wildman–Crippen MR) is 94.3 cm³/mol. The Labute approximate surface area is 146 Å². The zero-order valence-electron chi connectivity index (χ0n) is 14.2. The molecule has 1 amide bonds. The van der Waals surface area contributed by atoms with Crippen LogP contribution in [0, 0.1) is 5.92 Å². The van der Waals surface area contributed by atoms with Crippen LogP contribution in [0.1, 0.15) is 54.7 Å². The van der Waals surface area contributed by atoms with Gasteiger partial charge in [0, 0.05) is 24.6 Å². The topological polar surface area (TPSA) is 46.3 Å². The van der Waals surface area contributed by atoms with E-state index in [0.717, 1.165) is 56.0 Å². The van der Waals surface area contributed by atoms with Gasteiger partial charge in [-0.25, -0.2) is 0 Å². The number of rotatable bonds is 3. The highest BCUT2D eigenvalue weighted by Crippen LogP contribution is 2.36. The number of carbonyl (C=O) groups excluding carboxylic acids is 1. The Hall–Kier alpha value is -1.62. The van der Waals surface area contributed by atoms with E-state index in [1.54, 1.807) is 11.3 Å². The molecular formula is C19H24N2O2S. The van der Waals surface area contributed by atoms with Gasteiger partial charge in [-0.1, -0.05) is 12.1 Å². The van der Waals surface area contributed by atoms with Crippen molar-refractivity contribution in [3.05, 3.63) is 39.4 Å². The number of thiophene rings is 1. The smallest absolute Gasteiger partial charge is 0.227 e. The summed E-state index contributed by atoms with van der Waals surface area (Å²) >= 11 is 1.65. The largest absolute Gasteiger partial charge is 0.361 e. The number of nitrogens with zero attached hydrogens (tertiary/aromatic N) is 2. The minimum atomic E-state index is 0.250. The summed E-state index contributed by atoms with van der Waals surface area (Å²) in [5.41, 5.74) is 3.68. The molecule has 0 N–H and O–H groups in total. The summed E-state index contributed by atoms with van der Waals surface area (Å²) in [6.45, 7) is 3.97. The van der Waals surface area contributed by atoms with Gasteiger partial charge in [-0.15, -0.1) is 0 Å². The predicted octanol–water partition coefficient (Wildman–Crippen LogP) is 3.81. The minimum absolute atomic E-state index is 0.250. The number of hydrogen-bond donors (Lipinski definition) is 0. The monoisotopic (exact) mass is 344 g/mol. The summed E-state index contributed by atoms with van der Waals surface area (Å²) < 4.78 is 5.73. The summed E-state index contributed by atoms with van der Waals surface area (Å²) in [6, 6.07) is 2.04. The third-order valence-electron chi connectivity index (χ3n) is 5.48. The lowest BCUT2D eigenvalue weighted by atomic mass is 9.83. The van der Waals surface area contributed by atoms with Crippen molar-refractivity contribution in [3.8, 4) is 0 Å². The molecule has 2 aliphatic rings. The molecule has 1 atom stereocenters. The molecule has 0 bridgehead atoms. The van der Waals surface area contributed by atoms with Crippen LogP contribution in [0.15, 0.2) is 21.3 Å². The standard InChI is InChI=1S/C19H24N2O2S/c1-13-2-3-17-16(10-13)19(23-20-17)15-4-7-21(8-5-15)18(22)11-14-6-9-24-12-14/h6,9,12-13,15H,2-5,7-8,10-11H2,1H3/t13-/m0/s1. The Morgan fingerprint density at radius 3 is 2.96 bits per heavy atom. The summed E-state index contributed by atoms with van der Waals surface area (Å²) in [7, 11) is 0. The van der Waals surface area contributed by atoms with E-state index >= 15 is 0 Å². The second-order valence-electron chi connectivity index (χ2n) is 7.28. The zero-order chi connectivity index (χ0) is 16.5. The number of carbonyl (C=O) groups is 1. The normalized spacial score (nSPS) is 21.7. The number of aromatic nitrogens is 1. The number of amides is 1. The van der Waals surface area contributed by atoms with Crippen LogP contribution in [0.4, 0.5) is 0 Å². The molecule has 128 valence electrons. The fourth-order valence-corrected chi connectivity index (χ4v) is 4.67. The van der Waals surface area contributed by atoms with Crippen molar-refractivity contribution < 1.29 is 9.32 Å². The molecule has 0 radical (unpaired) electrons. The zero-order valence-corrected chi connectivity index (χ0v) is 15.0. The van der Waals surface area contributed by atoms with Gasteiger partial charge in [0.2, 0.25) is 5.91 Å². The van der Waals surface area contributed by atoms with Gasteiger partial charge >= 0.3 is 0 Å². The van der Waals surface area contributed by atoms with Crippen LogP contribution < -0.4 is 0 Å². The molecular weight excluding hydrogens is 320 g/mol. The van der Waals surface area contributed by atoms with E-state index in [1.807, 2.05) is 16.3 Å². The average molecular weight is 344 g/mol. The van der Waals surface area contributed by atoms with Crippen molar-refractivity contribution in [3.63, 3.8) is 0 Å². The van der Waals surface area contributed by atoms with Crippen LogP contribution in [-0.2, 0) is 24.1 Å². The van der Waals surface area contributed by atoms with Crippen molar-refractivity contribution in [1.29, 1.82) is 0 Å². The summed E-state index contributed by atoms with van der Waals surface area (Å²) in [5.74, 6) is 2.52. The Morgan fingerprint density at radius 1 is 1.38 bits per heavy atom. The fourth-order valence-electron chi connectivity index (χ4n) is 4.00. The van der Waals surface area contributed by atoms with E-state index in [2.05, 4.69) is 17.5 Å². The molecule has 1 aliphatic carbocycles. The quantitative estimate of drug-likeness (QED) is 0.850. The van der Waals surface area contributed by atoms with Crippen molar-refractivity contribution in [2.75, 3.05) is 13.1 Å². The lowest BCUT2D eigenvalue weighted by Gasteiger charge is -2.31. The molecule has 0 unspecified atom stereocenters. The Morgan fingerprint density at radius 2 is 2.21 bits per heavy atom. The number of likely N-dealkylation sites (tertiary alicyclic amines) is 1. The Bertz CT molecular complexity index is 699. The first-order valence-corrected chi connectivity index (χ1v) is 9.91. The van der Waals surface area contributed by atoms with Crippen molar-refractivity contribution in [1.82, 2.24) is 10.1 Å². The molecule has 24 heavy (non-hydrogen) atoms. The average Bonchev–Trinajstić information content (AvgIpc) is 3.24. The maximum atomic E-state index is 12.4. The van der Waals surface area contributed by atoms with E-state index < -0.39 is 0 Å². The molecule has 5 heteroatoms. The molecule has 2 aromatic rings. The van der Waals surface area contributed by atoms with Crippen molar-refractivity contribution in [2.45, 2.75) is 51.4 Å². The van der Waals surface area contributed by atoms with Gasteiger partial charge in [0.1, 0.15) is 5.76 Å². The van der Waals surface area contributed by atoms with Crippen molar-refractivity contribution >= 4 is 17.2 Å². The molecule has 3 heterocycles. The first-order chi connectivity index (χ1) is 11.7. The third-order valence-corrected chi connectivity index (χ3v) is 6.21. The van der Waals surface area contributed by atoms with Gasteiger partial charge in [-0.05, 0) is 60.4 Å². The van der Waals surface area contributed by atoms with E-state index in [0.29, 0.717) is 12.3 Å². The number of hydrogen-bond acceptors (Lipinski definition) is 4. The van der Waals surface area contributed by atoms with Crippen LogP contribution in [0.2, 0.25) is 0 Å². The molecule has 0 spiro atoms. The Kier molecular flexibility index (Phi) is 4.44. The van der Waals surface area contributed by atoms with E-state index in [-0.39, 0.29) is 5.91 Å². The van der Waals surface area contributed by atoms with Crippen LogP contribution in [0.25, 0.3) is 0 Å².